The number of fused-ring (bicyclic) bond motifs is 4. The average molecular weight is 783 g/mol. The molecule has 0 bridgehead atoms. The van der Waals surface area contributed by atoms with Crippen LogP contribution in [-0.2, 0) is 0 Å². The second kappa shape index (κ2) is 17.2. The lowest BCUT2D eigenvalue weighted by atomic mass is 9.63. The van der Waals surface area contributed by atoms with E-state index in [2.05, 4.69) is 45.9 Å². The number of carbonyl (C=O) groups is 2. The molecule has 2 aliphatic carbocycles. The number of phenols is 4. The van der Waals surface area contributed by atoms with Crippen molar-refractivity contribution in [3.63, 3.8) is 0 Å². The number of phenolic OH excluding ortho intramolecular Hbond substituents is 4. The van der Waals surface area contributed by atoms with Crippen LogP contribution in [0, 0.1) is 13.8 Å². The van der Waals surface area contributed by atoms with Crippen molar-refractivity contribution in [2.24, 2.45) is 0 Å². The van der Waals surface area contributed by atoms with Crippen LogP contribution in [0.3, 0.4) is 0 Å². The first kappa shape index (κ1) is 41.6. The van der Waals surface area contributed by atoms with Crippen molar-refractivity contribution in [1.82, 2.24) is 0 Å². The summed E-state index contributed by atoms with van der Waals surface area (Å²) in [5.74, 6) is -3.16. The maximum Gasteiger partial charge on any atom is 0.201 e. The van der Waals surface area contributed by atoms with Crippen LogP contribution in [0.4, 0.5) is 0 Å². The Balaban J connectivity index is 1.52. The number of allylic oxidation sites excluding steroid dienone is 6. The van der Waals surface area contributed by atoms with Crippen molar-refractivity contribution >= 4 is 11.6 Å². The van der Waals surface area contributed by atoms with Crippen molar-refractivity contribution in [3.8, 4) is 34.5 Å². The Hall–Kier alpha value is -6.02. The van der Waals surface area contributed by atoms with Gasteiger partial charge in [-0.15, -0.1) is 0 Å². The first-order valence-electron chi connectivity index (χ1n) is 19.9. The first-order chi connectivity index (χ1) is 27.5. The van der Waals surface area contributed by atoms with Crippen LogP contribution >= 0.6 is 0 Å². The van der Waals surface area contributed by atoms with Crippen LogP contribution < -0.4 is 9.47 Å². The predicted molar refractivity (Wildman–Crippen MR) is 228 cm³/mol. The molecule has 0 saturated heterocycles. The monoisotopic (exact) mass is 782 g/mol. The van der Waals surface area contributed by atoms with Gasteiger partial charge in [0.05, 0.1) is 28.9 Å². The van der Waals surface area contributed by atoms with Crippen LogP contribution in [0.1, 0.15) is 144 Å². The fraction of sp³-hybridized carbons (Fsp3) is 0.320. The Morgan fingerprint density at radius 1 is 0.534 bits per heavy atom. The van der Waals surface area contributed by atoms with E-state index in [9.17, 15) is 30.0 Å². The molecule has 0 aromatic heterocycles. The van der Waals surface area contributed by atoms with Gasteiger partial charge in [0.25, 0.3) is 0 Å². The lowest BCUT2D eigenvalue weighted by Gasteiger charge is -2.39. The minimum absolute atomic E-state index is 0.00123. The molecular weight excluding hydrogens is 729 g/mol. The molecule has 8 heteroatoms. The number of hydrogen-bond donors (Lipinski definition) is 4. The molecule has 6 rings (SSSR count). The van der Waals surface area contributed by atoms with Crippen LogP contribution in [-0.4, -0.2) is 45.2 Å². The summed E-state index contributed by atoms with van der Waals surface area (Å²) in [5, 5.41) is 46.1. The zero-order valence-electron chi connectivity index (χ0n) is 34.7. The van der Waals surface area contributed by atoms with Gasteiger partial charge in [0, 0.05) is 30.4 Å². The highest BCUT2D eigenvalue weighted by Crippen LogP contribution is 2.57. The van der Waals surface area contributed by atoms with E-state index >= 15 is 0 Å². The fourth-order valence-corrected chi connectivity index (χ4v) is 8.17. The predicted octanol–water partition coefficient (Wildman–Crippen LogP) is 11.3. The van der Waals surface area contributed by atoms with Gasteiger partial charge in [0.15, 0.2) is 0 Å². The Kier molecular flexibility index (Phi) is 12.4. The molecule has 0 saturated carbocycles. The van der Waals surface area contributed by atoms with Crippen molar-refractivity contribution < 1.29 is 39.5 Å². The normalized spacial score (nSPS) is 15.9. The number of carbonyl (C=O) groups excluding carboxylic acids is 2. The maximum atomic E-state index is 14.3. The highest BCUT2D eigenvalue weighted by atomic mass is 16.5. The van der Waals surface area contributed by atoms with Crippen LogP contribution in [0.2, 0.25) is 0 Å². The quantitative estimate of drug-likeness (QED) is 0.0985. The molecule has 0 aliphatic heterocycles. The molecule has 0 amide bonds. The van der Waals surface area contributed by atoms with E-state index in [1.54, 1.807) is 12.1 Å². The number of benzene rings is 4. The van der Waals surface area contributed by atoms with Crippen molar-refractivity contribution in [2.45, 2.75) is 92.9 Å². The lowest BCUT2D eigenvalue weighted by molar-refractivity contribution is 0.101. The summed E-state index contributed by atoms with van der Waals surface area (Å²) in [4.78, 5) is 28.7. The molecule has 2 aliphatic rings. The molecule has 2 atom stereocenters. The topological polar surface area (TPSA) is 134 Å². The summed E-state index contributed by atoms with van der Waals surface area (Å²) in [5.41, 5.74) is 8.04. The molecule has 58 heavy (non-hydrogen) atoms. The summed E-state index contributed by atoms with van der Waals surface area (Å²) in [6.45, 7) is 16.5. The van der Waals surface area contributed by atoms with Gasteiger partial charge in [-0.2, -0.15) is 0 Å². The molecule has 2 unspecified atom stereocenters. The Bertz CT molecular complexity index is 2420. The molecule has 0 heterocycles. The number of aromatic hydroxyl groups is 4. The van der Waals surface area contributed by atoms with E-state index < -0.39 is 23.4 Å². The molecule has 0 spiro atoms. The van der Waals surface area contributed by atoms with Crippen LogP contribution in [0.25, 0.3) is 0 Å². The number of ketones is 2. The smallest absolute Gasteiger partial charge is 0.201 e. The zero-order valence-corrected chi connectivity index (χ0v) is 34.7. The SMILES string of the molecule is CC(C)=CCC=C(C)CCOc1cc(O)c2c(c1)C(C1c3cc(C)cc(O)c3C(=O)c3c(O)cc(OCC=C(C)CCC=C(C)C)cc31)c1cc(C)cc(O)c1C2=O. The van der Waals surface area contributed by atoms with Gasteiger partial charge in [-0.3, -0.25) is 9.59 Å². The standard InChI is InChI=1S/C50H54O8/c1-27(2)11-9-13-29(5)15-17-57-33-23-37-43(35-19-31(7)21-39(51)45(35)49(55)47(37)41(53)25-33)44-36-20-32(8)22-40(52)46(36)50(56)48-38(44)24-34(26-42(48)54)58-18-16-30(6)14-10-12-28(3)4/h11-13,16,19-26,43-44,51-54H,9-10,14-15,17-18H2,1-8H3. The minimum Gasteiger partial charge on any atom is -0.507 e. The Morgan fingerprint density at radius 2 is 0.966 bits per heavy atom. The zero-order chi connectivity index (χ0) is 42.0. The summed E-state index contributed by atoms with van der Waals surface area (Å²) in [6, 6.07) is 13.0. The van der Waals surface area contributed by atoms with Crippen molar-refractivity contribution in [3.05, 3.63) is 151 Å². The lowest BCUT2D eigenvalue weighted by Crippen LogP contribution is -2.30. The molecule has 8 nitrogen and oxygen atoms in total. The van der Waals surface area contributed by atoms with Gasteiger partial charge in [0.1, 0.15) is 41.1 Å². The summed E-state index contributed by atoms with van der Waals surface area (Å²) < 4.78 is 12.5. The third-order valence-electron chi connectivity index (χ3n) is 10.9. The van der Waals surface area contributed by atoms with E-state index in [0.29, 0.717) is 57.9 Å². The van der Waals surface area contributed by atoms with Crippen molar-refractivity contribution in [2.75, 3.05) is 13.2 Å². The molecule has 0 fully saturated rings. The summed E-state index contributed by atoms with van der Waals surface area (Å²) in [6.07, 6.45) is 11.7. The molecule has 302 valence electrons. The fourth-order valence-electron chi connectivity index (χ4n) is 8.17. The third-order valence-corrected chi connectivity index (χ3v) is 10.9. The number of rotatable bonds is 13. The molecular formula is C50H54O8. The van der Waals surface area contributed by atoms with E-state index in [4.69, 9.17) is 9.47 Å². The van der Waals surface area contributed by atoms with Gasteiger partial charge in [-0.25, -0.2) is 0 Å². The van der Waals surface area contributed by atoms with Gasteiger partial charge >= 0.3 is 0 Å². The average Bonchev–Trinajstić information content (AvgIpc) is 3.11. The third kappa shape index (κ3) is 8.61. The highest BCUT2D eigenvalue weighted by molar-refractivity contribution is 6.18. The summed E-state index contributed by atoms with van der Waals surface area (Å²) in [7, 11) is 0. The van der Waals surface area contributed by atoms with Crippen molar-refractivity contribution in [1.29, 1.82) is 0 Å². The summed E-state index contributed by atoms with van der Waals surface area (Å²) >= 11 is 0. The minimum atomic E-state index is -0.814. The molecule has 4 aromatic carbocycles. The first-order valence-corrected chi connectivity index (χ1v) is 19.9. The maximum absolute atomic E-state index is 14.3. The largest absolute Gasteiger partial charge is 0.507 e. The van der Waals surface area contributed by atoms with E-state index in [1.807, 2.05) is 45.9 Å². The second-order valence-electron chi connectivity index (χ2n) is 16.3. The van der Waals surface area contributed by atoms with E-state index in [0.717, 1.165) is 30.4 Å². The Morgan fingerprint density at radius 3 is 1.45 bits per heavy atom. The Labute approximate surface area is 341 Å². The van der Waals surface area contributed by atoms with Gasteiger partial charge in [-0.1, -0.05) is 52.7 Å². The van der Waals surface area contributed by atoms with Crippen LogP contribution in [0.5, 0.6) is 34.5 Å². The molecule has 0 radical (unpaired) electrons. The second-order valence-corrected chi connectivity index (χ2v) is 16.3. The number of hydrogen-bond acceptors (Lipinski definition) is 8. The number of aryl methyl sites for hydroxylation is 2. The van der Waals surface area contributed by atoms with Gasteiger partial charge < -0.3 is 29.9 Å². The van der Waals surface area contributed by atoms with Crippen LogP contribution in [0.15, 0.2) is 95.1 Å². The van der Waals surface area contributed by atoms with E-state index in [-0.39, 0.29) is 51.9 Å². The van der Waals surface area contributed by atoms with E-state index in [1.165, 1.54) is 35.4 Å². The number of ether oxygens (including phenoxy) is 2. The van der Waals surface area contributed by atoms with Gasteiger partial charge in [0.2, 0.25) is 11.6 Å². The molecule has 4 aromatic rings. The highest BCUT2D eigenvalue weighted by Gasteiger charge is 2.46. The molecule has 4 N–H and O–H groups in total. The van der Waals surface area contributed by atoms with Gasteiger partial charge in [-0.05, 0) is 138 Å².